The van der Waals surface area contributed by atoms with Crippen LogP contribution in [0.25, 0.3) is 0 Å². The molecule has 7 nitrogen and oxygen atoms in total. The summed E-state index contributed by atoms with van der Waals surface area (Å²) in [6.45, 7) is 16.4. The van der Waals surface area contributed by atoms with Gasteiger partial charge in [-0.05, 0) is 109 Å². The molecule has 0 spiro atoms. The van der Waals surface area contributed by atoms with E-state index in [0.29, 0.717) is 12.2 Å². The highest BCUT2D eigenvalue weighted by molar-refractivity contribution is 6.62. The molecular weight excluding hydrogens is 518 g/mol. The van der Waals surface area contributed by atoms with E-state index in [1.165, 1.54) is 0 Å². The maximum absolute atomic E-state index is 6.51. The first-order valence-corrected chi connectivity index (χ1v) is 14.4. The molecule has 2 aromatic carbocycles. The zero-order valence-corrected chi connectivity index (χ0v) is 25.7. The third kappa shape index (κ3) is 6.15. The van der Waals surface area contributed by atoms with Crippen molar-refractivity contribution in [2.45, 2.75) is 96.6 Å². The first kappa shape index (κ1) is 29.9. The van der Waals surface area contributed by atoms with Gasteiger partial charge in [-0.3, -0.25) is 0 Å². The van der Waals surface area contributed by atoms with E-state index in [2.05, 4.69) is 61.5 Å². The summed E-state index contributed by atoms with van der Waals surface area (Å²) in [5.74, 6) is 1.45. The minimum absolute atomic E-state index is 0.183. The van der Waals surface area contributed by atoms with E-state index >= 15 is 0 Å². The van der Waals surface area contributed by atoms with Gasteiger partial charge in [0, 0.05) is 5.56 Å². The molecule has 0 N–H and O–H groups in total. The number of benzene rings is 2. The standard InChI is InChI=1S/C32H42B2O7/c1-29(2)30(3,4)39-33(38-29)23-12-18-26(19-13-23)36-28(22-10-16-25(35-9)17-11-22)37-27-20-14-24(15-21-27)34-40-31(5,6)32(7,8)41-34/h10-20,27-28H,21H2,1-9H3. The molecular formula is C32H42B2O7. The van der Waals surface area contributed by atoms with Crippen LogP contribution in [0.5, 0.6) is 11.5 Å². The van der Waals surface area contributed by atoms with E-state index in [4.69, 9.17) is 32.8 Å². The smallest absolute Gasteiger partial charge is 0.494 e. The van der Waals surface area contributed by atoms with Crippen molar-refractivity contribution in [3.8, 4) is 11.5 Å². The molecule has 0 amide bonds. The molecule has 0 bridgehead atoms. The van der Waals surface area contributed by atoms with Crippen LogP contribution in [0.15, 0.2) is 72.2 Å². The van der Waals surface area contributed by atoms with Gasteiger partial charge < -0.3 is 32.8 Å². The molecule has 0 aromatic heterocycles. The van der Waals surface area contributed by atoms with Crippen molar-refractivity contribution in [2.75, 3.05) is 7.11 Å². The summed E-state index contributed by atoms with van der Waals surface area (Å²) in [5, 5.41) is 0. The Hall–Kier alpha value is -2.55. The van der Waals surface area contributed by atoms with Crippen LogP contribution in [0.3, 0.4) is 0 Å². The largest absolute Gasteiger partial charge is 0.497 e. The maximum Gasteiger partial charge on any atom is 0.494 e. The van der Waals surface area contributed by atoms with Crippen LogP contribution in [0, 0.1) is 0 Å². The molecule has 9 heteroatoms. The summed E-state index contributed by atoms with van der Waals surface area (Å²) in [7, 11) is 0.825. The van der Waals surface area contributed by atoms with E-state index in [-0.39, 0.29) is 17.3 Å². The molecule has 41 heavy (non-hydrogen) atoms. The van der Waals surface area contributed by atoms with Crippen molar-refractivity contribution in [2.24, 2.45) is 0 Å². The van der Waals surface area contributed by atoms with E-state index in [1.807, 2.05) is 60.7 Å². The second-order valence-corrected chi connectivity index (χ2v) is 12.9. The first-order chi connectivity index (χ1) is 19.2. The van der Waals surface area contributed by atoms with Gasteiger partial charge >= 0.3 is 14.2 Å². The van der Waals surface area contributed by atoms with Gasteiger partial charge in [-0.25, -0.2) is 0 Å². The topological polar surface area (TPSA) is 64.6 Å². The van der Waals surface area contributed by atoms with Gasteiger partial charge in [0.05, 0.1) is 35.6 Å². The maximum atomic E-state index is 6.51. The van der Waals surface area contributed by atoms with Crippen molar-refractivity contribution in [3.05, 3.63) is 77.8 Å². The first-order valence-electron chi connectivity index (χ1n) is 14.4. The minimum atomic E-state index is -0.634. The van der Waals surface area contributed by atoms with Gasteiger partial charge in [-0.1, -0.05) is 30.4 Å². The van der Waals surface area contributed by atoms with Gasteiger partial charge in [-0.15, -0.1) is 0 Å². The number of hydrogen-bond donors (Lipinski definition) is 0. The van der Waals surface area contributed by atoms with Crippen molar-refractivity contribution < 1.29 is 32.8 Å². The van der Waals surface area contributed by atoms with Crippen molar-refractivity contribution in [1.29, 1.82) is 0 Å². The fraction of sp³-hybridized carbons (Fsp3) is 0.500. The molecule has 218 valence electrons. The summed E-state index contributed by atoms with van der Waals surface area (Å²) < 4.78 is 43.1. The van der Waals surface area contributed by atoms with Crippen LogP contribution in [0.4, 0.5) is 0 Å². The number of hydrogen-bond acceptors (Lipinski definition) is 7. The lowest BCUT2D eigenvalue weighted by atomic mass is 9.75. The van der Waals surface area contributed by atoms with Gasteiger partial charge in [0.2, 0.25) is 6.29 Å². The molecule has 5 rings (SSSR count). The Kier molecular flexibility index (Phi) is 7.98. The normalized spacial score (nSPS) is 24.7. The molecule has 2 saturated heterocycles. The summed E-state index contributed by atoms with van der Waals surface area (Å²) in [6, 6.07) is 15.5. The lowest BCUT2D eigenvalue weighted by Crippen LogP contribution is -2.41. The average molecular weight is 560 g/mol. The lowest BCUT2D eigenvalue weighted by Gasteiger charge is -2.32. The second kappa shape index (κ2) is 10.9. The highest BCUT2D eigenvalue weighted by Gasteiger charge is 2.53. The SMILES string of the molecule is COc1ccc(C(Oc2ccc(B3OC(C)(C)C(C)(C)O3)cc2)OC2C=CC(B3OC(C)(C)C(C)(C)O3)=CC2)cc1. The Morgan fingerprint density at radius 3 is 1.71 bits per heavy atom. The Labute approximate surface area is 245 Å². The van der Waals surface area contributed by atoms with Crippen molar-refractivity contribution in [3.63, 3.8) is 0 Å². The summed E-state index contributed by atoms with van der Waals surface area (Å²) in [5.41, 5.74) is 1.26. The quantitative estimate of drug-likeness (QED) is 0.291. The molecule has 2 aliphatic heterocycles. The summed E-state index contributed by atoms with van der Waals surface area (Å²) in [4.78, 5) is 0. The van der Waals surface area contributed by atoms with E-state index in [0.717, 1.165) is 22.2 Å². The molecule has 0 radical (unpaired) electrons. The zero-order valence-electron chi connectivity index (χ0n) is 25.7. The fourth-order valence-electron chi connectivity index (χ4n) is 4.77. The van der Waals surface area contributed by atoms with Gasteiger partial charge in [0.25, 0.3) is 0 Å². The number of methoxy groups -OCH3 is 1. The average Bonchev–Trinajstić information content (AvgIpc) is 3.28. The van der Waals surface area contributed by atoms with E-state index < -0.39 is 31.7 Å². The lowest BCUT2D eigenvalue weighted by molar-refractivity contribution is -0.107. The number of ether oxygens (including phenoxy) is 3. The molecule has 0 saturated carbocycles. The molecule has 3 aliphatic rings. The Balaban J connectivity index is 1.28. The molecule has 1 aliphatic carbocycles. The highest BCUT2D eigenvalue weighted by Crippen LogP contribution is 2.40. The zero-order chi connectivity index (χ0) is 29.6. The second-order valence-electron chi connectivity index (χ2n) is 12.9. The fourth-order valence-corrected chi connectivity index (χ4v) is 4.77. The Morgan fingerprint density at radius 1 is 0.707 bits per heavy atom. The molecule has 2 aromatic rings. The molecule has 2 unspecified atom stereocenters. The van der Waals surface area contributed by atoms with Crippen LogP contribution in [0.1, 0.15) is 73.7 Å². The van der Waals surface area contributed by atoms with Crippen molar-refractivity contribution in [1.82, 2.24) is 0 Å². The molecule has 2 heterocycles. The van der Waals surface area contributed by atoms with Crippen LogP contribution in [-0.4, -0.2) is 49.9 Å². The Bertz CT molecular complexity index is 1250. The van der Waals surface area contributed by atoms with E-state index in [9.17, 15) is 0 Å². The summed E-state index contributed by atoms with van der Waals surface area (Å²) in [6.07, 6.45) is 6.05. The predicted octanol–water partition coefficient (Wildman–Crippen LogP) is 5.97. The van der Waals surface area contributed by atoms with Gasteiger partial charge in [0.1, 0.15) is 11.5 Å². The van der Waals surface area contributed by atoms with Gasteiger partial charge in [-0.2, -0.15) is 0 Å². The van der Waals surface area contributed by atoms with E-state index in [1.54, 1.807) is 7.11 Å². The number of allylic oxidation sites excluding steroid dienone is 2. The monoisotopic (exact) mass is 560 g/mol. The third-order valence-electron chi connectivity index (χ3n) is 8.95. The highest BCUT2D eigenvalue weighted by atomic mass is 16.7. The van der Waals surface area contributed by atoms with Crippen molar-refractivity contribution >= 4 is 19.7 Å². The van der Waals surface area contributed by atoms with Crippen LogP contribution in [0.2, 0.25) is 0 Å². The molecule has 2 fully saturated rings. The number of rotatable bonds is 8. The Morgan fingerprint density at radius 2 is 1.22 bits per heavy atom. The van der Waals surface area contributed by atoms with Crippen LogP contribution in [-0.2, 0) is 23.4 Å². The minimum Gasteiger partial charge on any atom is -0.497 e. The van der Waals surface area contributed by atoms with Crippen LogP contribution < -0.4 is 14.9 Å². The molecule has 2 atom stereocenters. The predicted molar refractivity (Wildman–Crippen MR) is 161 cm³/mol. The third-order valence-corrected chi connectivity index (χ3v) is 8.95. The van der Waals surface area contributed by atoms with Gasteiger partial charge in [0.15, 0.2) is 0 Å². The van der Waals surface area contributed by atoms with Crippen LogP contribution >= 0.6 is 0 Å². The summed E-state index contributed by atoms with van der Waals surface area (Å²) >= 11 is 0.